The Balaban J connectivity index is 2.50. The van der Waals surface area contributed by atoms with Crippen LogP contribution in [0, 0.1) is 5.92 Å². The Hall–Kier alpha value is -0.300. The summed E-state index contributed by atoms with van der Waals surface area (Å²) in [6.45, 7) is 4.50. The number of hydrogen-bond acceptors (Lipinski definition) is 4. The van der Waals surface area contributed by atoms with Gasteiger partial charge >= 0.3 is 0 Å². The normalized spacial score (nSPS) is 27.7. The van der Waals surface area contributed by atoms with Gasteiger partial charge in [0.1, 0.15) is 0 Å². The van der Waals surface area contributed by atoms with Crippen LogP contribution in [0.5, 0.6) is 0 Å². The van der Waals surface area contributed by atoms with Gasteiger partial charge in [-0.1, -0.05) is 6.92 Å². The Morgan fingerprint density at radius 3 is 2.72 bits per heavy atom. The lowest BCUT2D eigenvalue weighted by molar-refractivity contribution is 0.0330. The summed E-state index contributed by atoms with van der Waals surface area (Å²) >= 11 is 0. The SMILES string of the molecule is CCC(O)C1CC(NCC(F)F)CN(CCN)C1. The van der Waals surface area contributed by atoms with Crippen LogP contribution in [-0.2, 0) is 0 Å². The minimum Gasteiger partial charge on any atom is -0.393 e. The largest absolute Gasteiger partial charge is 0.393 e. The number of aliphatic hydroxyl groups is 1. The van der Waals surface area contributed by atoms with Gasteiger partial charge in [-0.25, -0.2) is 8.78 Å². The molecule has 108 valence electrons. The van der Waals surface area contributed by atoms with Crippen molar-refractivity contribution in [3.63, 3.8) is 0 Å². The molecular formula is C12H25F2N3O. The number of nitrogens with zero attached hydrogens (tertiary/aromatic N) is 1. The minimum atomic E-state index is -2.33. The molecule has 6 heteroatoms. The lowest BCUT2D eigenvalue weighted by Crippen LogP contribution is -2.53. The summed E-state index contributed by atoms with van der Waals surface area (Å²) in [6, 6.07) is 0.0190. The number of hydrogen-bond donors (Lipinski definition) is 3. The topological polar surface area (TPSA) is 61.5 Å². The van der Waals surface area contributed by atoms with Crippen molar-refractivity contribution in [2.24, 2.45) is 11.7 Å². The molecule has 18 heavy (non-hydrogen) atoms. The van der Waals surface area contributed by atoms with Gasteiger partial charge in [0, 0.05) is 32.2 Å². The van der Waals surface area contributed by atoms with E-state index in [4.69, 9.17) is 5.73 Å². The summed E-state index contributed by atoms with van der Waals surface area (Å²) in [6.07, 6.45) is -1.24. The Kier molecular flexibility index (Phi) is 6.99. The first-order valence-electron chi connectivity index (χ1n) is 6.68. The number of alkyl halides is 2. The fourth-order valence-corrected chi connectivity index (χ4v) is 2.61. The summed E-state index contributed by atoms with van der Waals surface area (Å²) in [5.41, 5.74) is 5.54. The van der Waals surface area contributed by atoms with E-state index in [0.717, 1.165) is 26.1 Å². The van der Waals surface area contributed by atoms with Crippen molar-refractivity contribution >= 4 is 0 Å². The van der Waals surface area contributed by atoms with Crippen LogP contribution in [0.25, 0.3) is 0 Å². The molecule has 4 nitrogen and oxygen atoms in total. The number of likely N-dealkylation sites (tertiary alicyclic amines) is 1. The highest BCUT2D eigenvalue weighted by Gasteiger charge is 2.30. The first-order valence-corrected chi connectivity index (χ1v) is 6.68. The highest BCUT2D eigenvalue weighted by atomic mass is 19.3. The van der Waals surface area contributed by atoms with Crippen LogP contribution >= 0.6 is 0 Å². The minimum absolute atomic E-state index is 0.0190. The third-order valence-corrected chi connectivity index (χ3v) is 3.53. The molecule has 0 spiro atoms. The van der Waals surface area contributed by atoms with Gasteiger partial charge in [-0.3, -0.25) is 0 Å². The predicted molar refractivity (Wildman–Crippen MR) is 67.7 cm³/mol. The average Bonchev–Trinajstić information content (AvgIpc) is 2.35. The number of nitrogens with one attached hydrogen (secondary N) is 1. The first kappa shape index (κ1) is 15.8. The van der Waals surface area contributed by atoms with Crippen molar-refractivity contribution < 1.29 is 13.9 Å². The molecule has 0 radical (unpaired) electrons. The molecule has 0 saturated carbocycles. The van der Waals surface area contributed by atoms with Crippen LogP contribution in [0.3, 0.4) is 0 Å². The van der Waals surface area contributed by atoms with E-state index < -0.39 is 6.43 Å². The highest BCUT2D eigenvalue weighted by molar-refractivity contribution is 4.86. The third-order valence-electron chi connectivity index (χ3n) is 3.53. The van der Waals surface area contributed by atoms with Crippen LogP contribution in [0.1, 0.15) is 19.8 Å². The average molecular weight is 265 g/mol. The Bertz CT molecular complexity index is 231. The zero-order valence-electron chi connectivity index (χ0n) is 11.0. The van der Waals surface area contributed by atoms with E-state index in [-0.39, 0.29) is 24.6 Å². The van der Waals surface area contributed by atoms with Crippen LogP contribution in [-0.4, -0.2) is 61.3 Å². The zero-order chi connectivity index (χ0) is 13.5. The summed E-state index contributed by atoms with van der Waals surface area (Å²) in [7, 11) is 0. The van der Waals surface area contributed by atoms with E-state index >= 15 is 0 Å². The number of halogens is 2. The van der Waals surface area contributed by atoms with Crippen molar-refractivity contribution in [1.29, 1.82) is 0 Å². The monoisotopic (exact) mass is 265 g/mol. The second kappa shape index (κ2) is 7.99. The van der Waals surface area contributed by atoms with Gasteiger partial charge < -0.3 is 21.1 Å². The molecule has 0 aliphatic carbocycles. The van der Waals surface area contributed by atoms with E-state index in [1.54, 1.807) is 0 Å². The molecule has 0 aromatic heterocycles. The van der Waals surface area contributed by atoms with E-state index in [2.05, 4.69) is 10.2 Å². The zero-order valence-corrected chi connectivity index (χ0v) is 11.0. The van der Waals surface area contributed by atoms with Crippen LogP contribution < -0.4 is 11.1 Å². The van der Waals surface area contributed by atoms with E-state index in [0.29, 0.717) is 13.0 Å². The van der Waals surface area contributed by atoms with Crippen molar-refractivity contribution in [1.82, 2.24) is 10.2 Å². The summed E-state index contributed by atoms with van der Waals surface area (Å²) in [5.74, 6) is 0.144. The summed E-state index contributed by atoms with van der Waals surface area (Å²) in [5, 5.41) is 12.8. The fourth-order valence-electron chi connectivity index (χ4n) is 2.61. The van der Waals surface area contributed by atoms with Crippen molar-refractivity contribution in [3.8, 4) is 0 Å². The molecule has 0 amide bonds. The Morgan fingerprint density at radius 2 is 2.17 bits per heavy atom. The number of aliphatic hydroxyl groups excluding tert-OH is 1. The van der Waals surface area contributed by atoms with Gasteiger partial charge in [0.05, 0.1) is 12.6 Å². The number of piperidine rings is 1. The number of rotatable bonds is 7. The standard InChI is InChI=1S/C12H25F2N3O/c1-2-11(18)9-5-10(16-6-12(13)14)8-17(7-9)4-3-15/h9-12,16,18H,2-8,15H2,1H3. The van der Waals surface area contributed by atoms with Crippen LogP contribution in [0.2, 0.25) is 0 Å². The van der Waals surface area contributed by atoms with E-state index in [1.807, 2.05) is 6.92 Å². The molecule has 3 atom stereocenters. The maximum Gasteiger partial charge on any atom is 0.250 e. The van der Waals surface area contributed by atoms with Gasteiger partial charge in [0.25, 0.3) is 6.43 Å². The second-order valence-electron chi connectivity index (χ2n) is 5.02. The van der Waals surface area contributed by atoms with E-state index in [9.17, 15) is 13.9 Å². The van der Waals surface area contributed by atoms with Gasteiger partial charge in [0.2, 0.25) is 0 Å². The molecule has 1 rings (SSSR count). The first-order chi connectivity index (χ1) is 8.56. The molecule has 1 saturated heterocycles. The van der Waals surface area contributed by atoms with Crippen molar-refractivity contribution in [2.75, 3.05) is 32.7 Å². The Morgan fingerprint density at radius 1 is 1.44 bits per heavy atom. The smallest absolute Gasteiger partial charge is 0.250 e. The second-order valence-corrected chi connectivity index (χ2v) is 5.02. The molecule has 0 aromatic rings. The van der Waals surface area contributed by atoms with Crippen molar-refractivity contribution in [3.05, 3.63) is 0 Å². The Labute approximate surface area is 108 Å². The maximum atomic E-state index is 12.2. The van der Waals surface area contributed by atoms with E-state index in [1.165, 1.54) is 0 Å². The quantitative estimate of drug-likeness (QED) is 0.618. The molecule has 0 bridgehead atoms. The van der Waals surface area contributed by atoms with Crippen LogP contribution in [0.4, 0.5) is 8.78 Å². The molecule has 1 heterocycles. The highest BCUT2D eigenvalue weighted by Crippen LogP contribution is 2.21. The molecule has 1 fully saturated rings. The molecule has 1 aliphatic heterocycles. The summed E-state index contributed by atoms with van der Waals surface area (Å²) < 4.78 is 24.4. The van der Waals surface area contributed by atoms with Gasteiger partial charge in [-0.15, -0.1) is 0 Å². The molecule has 1 aliphatic rings. The molecule has 3 unspecified atom stereocenters. The molecule has 0 aromatic carbocycles. The lowest BCUT2D eigenvalue weighted by atomic mass is 9.88. The molecule has 4 N–H and O–H groups in total. The predicted octanol–water partition coefficient (Wildman–Crippen LogP) is 0.261. The lowest BCUT2D eigenvalue weighted by Gasteiger charge is -2.39. The molecular weight excluding hydrogens is 240 g/mol. The van der Waals surface area contributed by atoms with Gasteiger partial charge in [-0.2, -0.15) is 0 Å². The fraction of sp³-hybridized carbons (Fsp3) is 1.00. The van der Waals surface area contributed by atoms with Gasteiger partial charge in [-0.05, 0) is 18.8 Å². The summed E-state index contributed by atoms with van der Waals surface area (Å²) in [4.78, 5) is 2.15. The van der Waals surface area contributed by atoms with Gasteiger partial charge in [0.15, 0.2) is 0 Å². The number of nitrogens with two attached hydrogens (primary N) is 1. The maximum absolute atomic E-state index is 12.2. The van der Waals surface area contributed by atoms with Crippen molar-refractivity contribution in [2.45, 2.75) is 38.3 Å². The van der Waals surface area contributed by atoms with Crippen LogP contribution in [0.15, 0.2) is 0 Å². The third kappa shape index (κ3) is 5.14.